The molecule has 2 N–H and O–H groups in total. The van der Waals surface area contributed by atoms with E-state index < -0.39 is 6.61 Å². The minimum Gasteiger partial charge on any atom is -0.434 e. The van der Waals surface area contributed by atoms with E-state index in [0.29, 0.717) is 11.5 Å². The van der Waals surface area contributed by atoms with Crippen molar-refractivity contribution in [3.8, 4) is 5.75 Å². The quantitative estimate of drug-likeness (QED) is 0.439. The molecule has 0 aliphatic heterocycles. The predicted molar refractivity (Wildman–Crippen MR) is 85.5 cm³/mol. The summed E-state index contributed by atoms with van der Waals surface area (Å²) in [7, 11) is 0. The van der Waals surface area contributed by atoms with Gasteiger partial charge in [0.15, 0.2) is 5.96 Å². The van der Waals surface area contributed by atoms with Crippen molar-refractivity contribution < 1.29 is 13.5 Å². The Morgan fingerprint density at radius 3 is 2.68 bits per heavy atom. The molecule has 0 heterocycles. The highest BCUT2D eigenvalue weighted by molar-refractivity contribution is 5.79. The lowest BCUT2D eigenvalue weighted by Gasteiger charge is -2.13. The second kappa shape index (κ2) is 9.97. The van der Waals surface area contributed by atoms with Crippen molar-refractivity contribution in [3.63, 3.8) is 0 Å². The molecule has 0 amide bonds. The van der Waals surface area contributed by atoms with Gasteiger partial charge in [0.05, 0.1) is 6.54 Å². The summed E-state index contributed by atoms with van der Waals surface area (Å²) in [4.78, 5) is 4.43. The van der Waals surface area contributed by atoms with Crippen LogP contribution in [-0.2, 0) is 6.54 Å². The number of unbranched alkanes of at least 4 members (excludes halogenated alkanes) is 1. The molecular weight excluding hydrogens is 288 g/mol. The zero-order chi connectivity index (χ0) is 16.4. The van der Waals surface area contributed by atoms with E-state index in [4.69, 9.17) is 0 Å². The van der Waals surface area contributed by atoms with Gasteiger partial charge in [-0.2, -0.15) is 8.78 Å². The van der Waals surface area contributed by atoms with Crippen molar-refractivity contribution in [1.82, 2.24) is 10.6 Å². The van der Waals surface area contributed by atoms with E-state index >= 15 is 0 Å². The number of halogens is 2. The van der Waals surface area contributed by atoms with Crippen LogP contribution >= 0.6 is 0 Å². The van der Waals surface area contributed by atoms with Gasteiger partial charge in [0.2, 0.25) is 0 Å². The van der Waals surface area contributed by atoms with Crippen LogP contribution in [-0.4, -0.2) is 25.7 Å². The van der Waals surface area contributed by atoms with E-state index in [0.717, 1.165) is 31.5 Å². The zero-order valence-corrected chi connectivity index (χ0v) is 13.5. The fourth-order valence-corrected chi connectivity index (χ4v) is 1.93. The number of rotatable bonds is 8. The Bertz CT molecular complexity index is 478. The highest BCUT2D eigenvalue weighted by atomic mass is 19.3. The van der Waals surface area contributed by atoms with Crippen LogP contribution in [0.2, 0.25) is 0 Å². The Labute approximate surface area is 131 Å². The van der Waals surface area contributed by atoms with E-state index in [9.17, 15) is 8.78 Å². The standard InChI is InChI=1S/C16H25F2N3O/c1-4-6-9-20-16(19-5-2)21-11-13-10-12(3)7-8-14(13)22-15(17)18/h7-8,10,15H,4-6,9,11H2,1-3H3,(H2,19,20,21). The molecule has 124 valence electrons. The summed E-state index contributed by atoms with van der Waals surface area (Å²) in [5.74, 6) is 0.856. The van der Waals surface area contributed by atoms with Crippen molar-refractivity contribution in [3.05, 3.63) is 29.3 Å². The normalized spacial score (nSPS) is 11.6. The Balaban J connectivity index is 2.80. The zero-order valence-electron chi connectivity index (χ0n) is 13.5. The molecule has 22 heavy (non-hydrogen) atoms. The number of nitrogens with zero attached hydrogens (tertiary/aromatic N) is 1. The molecule has 0 spiro atoms. The third kappa shape index (κ3) is 6.74. The second-order valence-electron chi connectivity index (χ2n) is 4.97. The number of alkyl halides is 2. The van der Waals surface area contributed by atoms with Gasteiger partial charge in [-0.05, 0) is 26.3 Å². The van der Waals surface area contributed by atoms with Crippen molar-refractivity contribution >= 4 is 5.96 Å². The fraction of sp³-hybridized carbons (Fsp3) is 0.562. The second-order valence-corrected chi connectivity index (χ2v) is 4.97. The number of hydrogen-bond acceptors (Lipinski definition) is 2. The lowest BCUT2D eigenvalue weighted by atomic mass is 10.1. The van der Waals surface area contributed by atoms with Crippen LogP contribution in [0.25, 0.3) is 0 Å². The highest BCUT2D eigenvalue weighted by Crippen LogP contribution is 2.22. The molecule has 0 radical (unpaired) electrons. The van der Waals surface area contributed by atoms with Gasteiger partial charge in [0, 0.05) is 18.7 Å². The van der Waals surface area contributed by atoms with Gasteiger partial charge < -0.3 is 15.4 Å². The predicted octanol–water partition coefficient (Wildman–Crippen LogP) is 3.45. The molecule has 0 saturated carbocycles. The molecule has 0 bridgehead atoms. The molecule has 0 aliphatic carbocycles. The topological polar surface area (TPSA) is 45.7 Å². The number of guanidine groups is 1. The minimum atomic E-state index is -2.83. The maximum absolute atomic E-state index is 12.4. The molecule has 0 aliphatic rings. The summed E-state index contributed by atoms with van der Waals surface area (Å²) in [5.41, 5.74) is 1.63. The minimum absolute atomic E-state index is 0.175. The molecule has 0 aromatic heterocycles. The van der Waals surface area contributed by atoms with Crippen LogP contribution < -0.4 is 15.4 Å². The van der Waals surface area contributed by atoms with Crippen molar-refractivity contribution in [2.45, 2.75) is 46.8 Å². The van der Waals surface area contributed by atoms with E-state index in [2.05, 4.69) is 27.3 Å². The van der Waals surface area contributed by atoms with Crippen LogP contribution in [0.15, 0.2) is 23.2 Å². The molecule has 1 aromatic rings. The number of nitrogens with one attached hydrogen (secondary N) is 2. The molecule has 0 fully saturated rings. The SMILES string of the molecule is CCCCNC(=NCc1cc(C)ccc1OC(F)F)NCC. The van der Waals surface area contributed by atoms with Gasteiger partial charge in [-0.25, -0.2) is 4.99 Å². The number of aliphatic imine (C=N–C) groups is 1. The summed E-state index contributed by atoms with van der Waals surface area (Å²) >= 11 is 0. The number of hydrogen-bond donors (Lipinski definition) is 2. The third-order valence-electron chi connectivity index (χ3n) is 3.01. The number of ether oxygens (including phenoxy) is 1. The highest BCUT2D eigenvalue weighted by Gasteiger charge is 2.10. The average Bonchev–Trinajstić information content (AvgIpc) is 2.47. The lowest BCUT2D eigenvalue weighted by molar-refractivity contribution is -0.0504. The number of aryl methyl sites for hydroxylation is 1. The molecular formula is C16H25F2N3O. The molecule has 0 saturated heterocycles. The van der Waals surface area contributed by atoms with Crippen LogP contribution in [0, 0.1) is 6.92 Å². The Morgan fingerprint density at radius 2 is 2.05 bits per heavy atom. The van der Waals surface area contributed by atoms with Crippen LogP contribution in [0.1, 0.15) is 37.8 Å². The van der Waals surface area contributed by atoms with Gasteiger partial charge in [-0.3, -0.25) is 0 Å². The first-order valence-corrected chi connectivity index (χ1v) is 7.63. The Morgan fingerprint density at radius 1 is 1.27 bits per heavy atom. The molecule has 0 atom stereocenters. The van der Waals surface area contributed by atoms with E-state index in [-0.39, 0.29) is 12.3 Å². The first-order valence-electron chi connectivity index (χ1n) is 7.63. The van der Waals surface area contributed by atoms with Crippen molar-refractivity contribution in [1.29, 1.82) is 0 Å². The summed E-state index contributed by atoms with van der Waals surface area (Å²) in [5, 5.41) is 6.35. The van der Waals surface area contributed by atoms with Gasteiger partial charge in [-0.15, -0.1) is 0 Å². The van der Waals surface area contributed by atoms with Gasteiger partial charge >= 0.3 is 6.61 Å². The van der Waals surface area contributed by atoms with Crippen LogP contribution in [0.5, 0.6) is 5.75 Å². The lowest BCUT2D eigenvalue weighted by Crippen LogP contribution is -2.37. The molecule has 1 rings (SSSR count). The molecule has 1 aromatic carbocycles. The van der Waals surface area contributed by atoms with Gasteiger partial charge in [-0.1, -0.05) is 31.0 Å². The van der Waals surface area contributed by atoms with Gasteiger partial charge in [0.1, 0.15) is 5.75 Å². The molecule has 6 heteroatoms. The van der Waals surface area contributed by atoms with E-state index in [1.807, 2.05) is 19.9 Å². The Kier molecular flexibility index (Phi) is 8.25. The third-order valence-corrected chi connectivity index (χ3v) is 3.01. The summed E-state index contributed by atoms with van der Waals surface area (Å²) < 4.78 is 29.4. The first kappa shape index (κ1) is 18.2. The maximum atomic E-state index is 12.4. The van der Waals surface area contributed by atoms with E-state index in [1.54, 1.807) is 12.1 Å². The number of benzene rings is 1. The van der Waals surface area contributed by atoms with Crippen LogP contribution in [0.3, 0.4) is 0 Å². The Hall–Kier alpha value is -1.85. The maximum Gasteiger partial charge on any atom is 0.387 e. The summed E-state index contributed by atoms with van der Waals surface area (Å²) in [6.07, 6.45) is 2.14. The summed E-state index contributed by atoms with van der Waals surface area (Å²) in [6, 6.07) is 5.12. The largest absolute Gasteiger partial charge is 0.434 e. The smallest absolute Gasteiger partial charge is 0.387 e. The van der Waals surface area contributed by atoms with E-state index in [1.165, 1.54) is 0 Å². The average molecular weight is 313 g/mol. The molecule has 4 nitrogen and oxygen atoms in total. The molecule has 0 unspecified atom stereocenters. The van der Waals surface area contributed by atoms with Gasteiger partial charge in [0.25, 0.3) is 0 Å². The fourth-order valence-electron chi connectivity index (χ4n) is 1.93. The van der Waals surface area contributed by atoms with Crippen molar-refractivity contribution in [2.24, 2.45) is 4.99 Å². The van der Waals surface area contributed by atoms with Crippen LogP contribution in [0.4, 0.5) is 8.78 Å². The van der Waals surface area contributed by atoms with Crippen molar-refractivity contribution in [2.75, 3.05) is 13.1 Å². The monoisotopic (exact) mass is 313 g/mol. The first-order chi connectivity index (χ1) is 10.6. The summed E-state index contributed by atoms with van der Waals surface area (Å²) in [6.45, 7) is 5.03.